The van der Waals surface area contributed by atoms with Crippen LogP contribution in [0.5, 0.6) is 0 Å². The summed E-state index contributed by atoms with van der Waals surface area (Å²) < 4.78 is 0. The second-order valence-corrected chi connectivity index (χ2v) is 5.01. The molecule has 0 amide bonds. The summed E-state index contributed by atoms with van der Waals surface area (Å²) in [5, 5.41) is 0. The Morgan fingerprint density at radius 1 is 0.824 bits per heavy atom. The minimum atomic E-state index is 0.720. The number of benzene rings is 2. The monoisotopic (exact) mass is 243 g/mol. The van der Waals surface area contributed by atoms with E-state index in [1.807, 2.05) is 17.8 Å². The van der Waals surface area contributed by atoms with Crippen molar-refractivity contribution in [2.24, 2.45) is 5.73 Å². The van der Waals surface area contributed by atoms with Crippen LogP contribution < -0.4 is 5.73 Å². The van der Waals surface area contributed by atoms with Gasteiger partial charge in [-0.3, -0.25) is 0 Å². The minimum Gasteiger partial charge on any atom is -0.330 e. The molecule has 2 aromatic carbocycles. The van der Waals surface area contributed by atoms with Gasteiger partial charge in [0.15, 0.2) is 0 Å². The van der Waals surface area contributed by atoms with Gasteiger partial charge >= 0.3 is 0 Å². The summed E-state index contributed by atoms with van der Waals surface area (Å²) in [7, 11) is 0. The Hall–Kier alpha value is -1.25. The number of hydrogen-bond donors (Lipinski definition) is 1. The van der Waals surface area contributed by atoms with E-state index in [9.17, 15) is 0 Å². The molecular formula is C15H17NS. The van der Waals surface area contributed by atoms with Crippen LogP contribution in [-0.4, -0.2) is 6.54 Å². The molecule has 0 aliphatic rings. The van der Waals surface area contributed by atoms with Crippen molar-refractivity contribution < 1.29 is 0 Å². The standard InChI is InChI=1S/C15H17NS/c16-11-10-13-6-8-14(9-7-13)12-17-15-4-2-1-3-5-15/h1-9H,10-12,16H2. The quantitative estimate of drug-likeness (QED) is 0.814. The van der Waals surface area contributed by atoms with E-state index in [2.05, 4.69) is 48.5 Å². The first-order valence-corrected chi connectivity index (χ1v) is 6.83. The fourth-order valence-corrected chi connectivity index (χ4v) is 2.53. The number of nitrogens with two attached hydrogens (primary N) is 1. The summed E-state index contributed by atoms with van der Waals surface area (Å²) >= 11 is 1.87. The van der Waals surface area contributed by atoms with Gasteiger partial charge < -0.3 is 5.73 Å². The first kappa shape index (κ1) is 12.2. The van der Waals surface area contributed by atoms with Crippen molar-refractivity contribution in [3.05, 3.63) is 65.7 Å². The minimum absolute atomic E-state index is 0.720. The first-order chi connectivity index (χ1) is 8.38. The van der Waals surface area contributed by atoms with E-state index in [4.69, 9.17) is 5.73 Å². The SMILES string of the molecule is NCCc1ccc(CSc2ccccc2)cc1. The molecule has 0 heterocycles. The third-order valence-corrected chi connectivity index (χ3v) is 3.69. The van der Waals surface area contributed by atoms with Crippen molar-refractivity contribution in [3.8, 4) is 0 Å². The van der Waals surface area contributed by atoms with Gasteiger partial charge in [-0.1, -0.05) is 42.5 Å². The average molecular weight is 243 g/mol. The Labute approximate surface area is 107 Å². The maximum absolute atomic E-state index is 5.53. The molecule has 0 bridgehead atoms. The van der Waals surface area contributed by atoms with Crippen LogP contribution in [0.15, 0.2) is 59.5 Å². The average Bonchev–Trinajstić information content (AvgIpc) is 2.40. The molecule has 0 unspecified atom stereocenters. The lowest BCUT2D eigenvalue weighted by molar-refractivity contribution is 0.968. The smallest absolute Gasteiger partial charge is 0.0231 e. The molecule has 0 fully saturated rings. The summed E-state index contributed by atoms with van der Waals surface area (Å²) in [5.74, 6) is 1.02. The van der Waals surface area contributed by atoms with E-state index in [1.165, 1.54) is 16.0 Å². The van der Waals surface area contributed by atoms with Crippen LogP contribution in [-0.2, 0) is 12.2 Å². The van der Waals surface area contributed by atoms with Gasteiger partial charge in [-0.25, -0.2) is 0 Å². The van der Waals surface area contributed by atoms with Crippen LogP contribution in [0.25, 0.3) is 0 Å². The molecule has 2 N–H and O–H groups in total. The highest BCUT2D eigenvalue weighted by molar-refractivity contribution is 7.98. The van der Waals surface area contributed by atoms with Crippen molar-refractivity contribution in [1.29, 1.82) is 0 Å². The second-order valence-electron chi connectivity index (χ2n) is 3.96. The lowest BCUT2D eigenvalue weighted by Crippen LogP contribution is -2.02. The zero-order valence-corrected chi connectivity index (χ0v) is 10.6. The third kappa shape index (κ3) is 3.91. The maximum atomic E-state index is 5.53. The molecule has 0 radical (unpaired) electrons. The van der Waals surface area contributed by atoms with Crippen molar-refractivity contribution >= 4 is 11.8 Å². The van der Waals surface area contributed by atoms with Crippen LogP contribution in [0.1, 0.15) is 11.1 Å². The number of rotatable bonds is 5. The van der Waals surface area contributed by atoms with Crippen LogP contribution in [0.2, 0.25) is 0 Å². The van der Waals surface area contributed by atoms with E-state index in [0.29, 0.717) is 0 Å². The fraction of sp³-hybridized carbons (Fsp3) is 0.200. The Morgan fingerprint density at radius 2 is 1.47 bits per heavy atom. The molecule has 0 saturated heterocycles. The molecule has 0 aromatic heterocycles. The topological polar surface area (TPSA) is 26.0 Å². The van der Waals surface area contributed by atoms with Crippen LogP contribution in [0, 0.1) is 0 Å². The summed E-state index contributed by atoms with van der Waals surface area (Å²) in [6.45, 7) is 0.720. The fourth-order valence-electron chi connectivity index (χ4n) is 1.65. The van der Waals surface area contributed by atoms with Gasteiger partial charge in [-0.05, 0) is 36.2 Å². The molecular weight excluding hydrogens is 226 g/mol. The molecule has 2 heteroatoms. The number of hydrogen-bond acceptors (Lipinski definition) is 2. The lowest BCUT2D eigenvalue weighted by Gasteiger charge is -2.03. The molecule has 0 aliphatic carbocycles. The Kier molecular flexibility index (Phi) is 4.65. The Bertz CT molecular complexity index is 436. The van der Waals surface area contributed by atoms with Crippen LogP contribution >= 0.6 is 11.8 Å². The highest BCUT2D eigenvalue weighted by atomic mass is 32.2. The van der Waals surface area contributed by atoms with Gasteiger partial charge in [0.25, 0.3) is 0 Å². The lowest BCUT2D eigenvalue weighted by atomic mass is 10.1. The molecule has 0 saturated carbocycles. The molecule has 0 aliphatic heterocycles. The summed E-state index contributed by atoms with van der Waals surface area (Å²) in [6.07, 6.45) is 0.964. The third-order valence-electron chi connectivity index (χ3n) is 2.60. The molecule has 2 aromatic rings. The molecule has 2 rings (SSSR count). The van der Waals surface area contributed by atoms with Gasteiger partial charge in [0, 0.05) is 10.6 Å². The predicted octanol–water partition coefficient (Wildman–Crippen LogP) is 3.48. The first-order valence-electron chi connectivity index (χ1n) is 5.84. The van der Waals surface area contributed by atoms with Gasteiger partial charge in [-0.15, -0.1) is 11.8 Å². The summed E-state index contributed by atoms with van der Waals surface area (Å²) in [6, 6.07) is 19.2. The predicted molar refractivity (Wildman–Crippen MR) is 75.2 cm³/mol. The van der Waals surface area contributed by atoms with Crippen molar-refractivity contribution in [2.75, 3.05) is 6.54 Å². The maximum Gasteiger partial charge on any atom is 0.0231 e. The van der Waals surface area contributed by atoms with Crippen molar-refractivity contribution in [3.63, 3.8) is 0 Å². The largest absolute Gasteiger partial charge is 0.330 e. The molecule has 0 atom stereocenters. The summed E-state index contributed by atoms with van der Waals surface area (Å²) in [4.78, 5) is 1.32. The molecule has 0 spiro atoms. The highest BCUT2D eigenvalue weighted by Crippen LogP contribution is 2.22. The molecule has 88 valence electrons. The molecule has 17 heavy (non-hydrogen) atoms. The van der Waals surface area contributed by atoms with Crippen LogP contribution in [0.4, 0.5) is 0 Å². The number of thioether (sulfide) groups is 1. The van der Waals surface area contributed by atoms with E-state index in [0.717, 1.165) is 18.7 Å². The normalized spacial score (nSPS) is 10.4. The van der Waals surface area contributed by atoms with Crippen molar-refractivity contribution in [1.82, 2.24) is 0 Å². The van der Waals surface area contributed by atoms with E-state index in [1.54, 1.807) is 0 Å². The highest BCUT2D eigenvalue weighted by Gasteiger charge is 1.96. The Morgan fingerprint density at radius 3 is 2.12 bits per heavy atom. The molecule has 1 nitrogen and oxygen atoms in total. The van der Waals surface area contributed by atoms with Crippen LogP contribution in [0.3, 0.4) is 0 Å². The van der Waals surface area contributed by atoms with Gasteiger partial charge in [-0.2, -0.15) is 0 Å². The van der Waals surface area contributed by atoms with E-state index < -0.39 is 0 Å². The van der Waals surface area contributed by atoms with E-state index >= 15 is 0 Å². The van der Waals surface area contributed by atoms with Gasteiger partial charge in [0.2, 0.25) is 0 Å². The van der Waals surface area contributed by atoms with Gasteiger partial charge in [0.05, 0.1) is 0 Å². The van der Waals surface area contributed by atoms with Crippen molar-refractivity contribution in [2.45, 2.75) is 17.1 Å². The van der Waals surface area contributed by atoms with E-state index in [-0.39, 0.29) is 0 Å². The zero-order valence-electron chi connectivity index (χ0n) is 9.80. The zero-order chi connectivity index (χ0) is 11.9. The van der Waals surface area contributed by atoms with Gasteiger partial charge in [0.1, 0.15) is 0 Å². The Balaban J connectivity index is 1.91. The summed E-state index contributed by atoms with van der Waals surface area (Å²) in [5.41, 5.74) is 8.21. The second kappa shape index (κ2) is 6.48.